The van der Waals surface area contributed by atoms with E-state index in [1.54, 1.807) is 26.8 Å². The fourth-order valence-electron chi connectivity index (χ4n) is 1.82. The maximum Gasteiger partial charge on any atom is 0.407 e. The van der Waals surface area contributed by atoms with Gasteiger partial charge in [0.25, 0.3) is 0 Å². The van der Waals surface area contributed by atoms with Gasteiger partial charge < -0.3 is 10.6 Å². The number of alkyl halides is 3. The van der Waals surface area contributed by atoms with Crippen LogP contribution in [0, 0.1) is 5.92 Å². The zero-order valence-electron chi connectivity index (χ0n) is 13.8. The molecule has 3 nitrogen and oxygen atoms in total. The van der Waals surface area contributed by atoms with Crippen molar-refractivity contribution in [2.45, 2.75) is 33.0 Å². The van der Waals surface area contributed by atoms with Crippen LogP contribution in [0.15, 0.2) is 48.6 Å². The summed E-state index contributed by atoms with van der Waals surface area (Å²) in [6.45, 7) is 12.4. The monoisotopic (exact) mass is 330 g/mol. The number of amides is 1. The number of rotatable bonds is 9. The highest BCUT2D eigenvalue weighted by Crippen LogP contribution is 2.25. The average Bonchev–Trinajstić information content (AvgIpc) is 2.44. The molecule has 0 aliphatic carbocycles. The molecule has 0 spiro atoms. The number of hydrogen-bond donors (Lipinski definition) is 2. The summed E-state index contributed by atoms with van der Waals surface area (Å²) >= 11 is 0. The zero-order valence-corrected chi connectivity index (χ0v) is 13.8. The number of nitrogens with one attached hydrogen (secondary N) is 2. The molecule has 0 bridgehead atoms. The smallest absolute Gasteiger partial charge is 0.352 e. The van der Waals surface area contributed by atoms with E-state index in [0.29, 0.717) is 5.57 Å². The minimum Gasteiger partial charge on any atom is -0.352 e. The normalized spacial score (nSPS) is 15.3. The van der Waals surface area contributed by atoms with Crippen LogP contribution in [0.25, 0.3) is 0 Å². The molecule has 23 heavy (non-hydrogen) atoms. The van der Waals surface area contributed by atoms with E-state index >= 15 is 0 Å². The minimum absolute atomic E-state index is 0.0407. The standard InChI is InChI=1S/C17H25F3N2O/c1-6-8-13(4)15(17(18,19)20)21-10-12(3)11-22-16(23)14(5)9-7-2/h6-9,12,15,21H,2,4,10-11H2,1,3,5H3,(H,22,23)/b8-6-,14-9+. The van der Waals surface area contributed by atoms with Crippen LogP contribution in [0.5, 0.6) is 0 Å². The Labute approximate surface area is 136 Å². The lowest BCUT2D eigenvalue weighted by atomic mass is 10.1. The van der Waals surface area contributed by atoms with Crippen LogP contribution in [0.2, 0.25) is 0 Å². The van der Waals surface area contributed by atoms with Gasteiger partial charge >= 0.3 is 6.18 Å². The number of carbonyl (C=O) groups excluding carboxylic acids is 1. The Kier molecular flexibility index (Phi) is 9.25. The maximum absolute atomic E-state index is 13.0. The molecule has 0 fully saturated rings. The Balaban J connectivity index is 4.51. The highest BCUT2D eigenvalue weighted by molar-refractivity contribution is 5.93. The van der Waals surface area contributed by atoms with Gasteiger partial charge in [-0.15, -0.1) is 0 Å². The Morgan fingerprint density at radius 2 is 1.91 bits per heavy atom. The topological polar surface area (TPSA) is 41.1 Å². The summed E-state index contributed by atoms with van der Waals surface area (Å²) in [5.41, 5.74) is 0.454. The van der Waals surface area contributed by atoms with E-state index in [9.17, 15) is 18.0 Å². The minimum atomic E-state index is -4.41. The molecule has 0 aromatic carbocycles. The lowest BCUT2D eigenvalue weighted by Gasteiger charge is -2.24. The predicted molar refractivity (Wildman–Crippen MR) is 87.9 cm³/mol. The van der Waals surface area contributed by atoms with Crippen molar-refractivity contribution in [2.24, 2.45) is 5.92 Å². The predicted octanol–water partition coefficient (Wildman–Crippen LogP) is 3.52. The molecule has 0 aliphatic heterocycles. The Hall–Kier alpha value is -1.82. The number of carbonyl (C=O) groups is 1. The van der Waals surface area contributed by atoms with Crippen molar-refractivity contribution in [2.75, 3.05) is 13.1 Å². The maximum atomic E-state index is 13.0. The van der Waals surface area contributed by atoms with E-state index in [4.69, 9.17) is 0 Å². The second-order valence-electron chi connectivity index (χ2n) is 5.36. The molecule has 2 unspecified atom stereocenters. The van der Waals surface area contributed by atoms with Crippen LogP contribution in [-0.2, 0) is 4.79 Å². The van der Waals surface area contributed by atoms with Gasteiger partial charge in [0, 0.05) is 18.7 Å². The van der Waals surface area contributed by atoms with Gasteiger partial charge in [0.2, 0.25) is 5.91 Å². The molecule has 0 radical (unpaired) electrons. The first-order valence-electron chi connectivity index (χ1n) is 7.32. The molecule has 0 aromatic heterocycles. The molecule has 0 rings (SSSR count). The summed E-state index contributed by atoms with van der Waals surface area (Å²) in [6, 6.07) is -1.79. The molecule has 2 atom stereocenters. The van der Waals surface area contributed by atoms with Crippen LogP contribution < -0.4 is 10.6 Å². The Morgan fingerprint density at radius 1 is 1.30 bits per heavy atom. The van der Waals surface area contributed by atoms with E-state index in [2.05, 4.69) is 23.8 Å². The lowest BCUT2D eigenvalue weighted by molar-refractivity contribution is -0.146. The third kappa shape index (κ3) is 8.40. The first kappa shape index (κ1) is 21.2. The van der Waals surface area contributed by atoms with Crippen molar-refractivity contribution < 1.29 is 18.0 Å². The summed E-state index contributed by atoms with van der Waals surface area (Å²) in [5, 5.41) is 5.14. The summed E-state index contributed by atoms with van der Waals surface area (Å²) in [6.07, 6.45) is 1.50. The molecule has 2 N–H and O–H groups in total. The van der Waals surface area contributed by atoms with Gasteiger partial charge in [-0.25, -0.2) is 0 Å². The summed E-state index contributed by atoms with van der Waals surface area (Å²) in [7, 11) is 0. The molecule has 0 saturated carbocycles. The highest BCUT2D eigenvalue weighted by atomic mass is 19.4. The molecular weight excluding hydrogens is 305 g/mol. The SMILES string of the molecule is C=C/C=C(\C)C(=O)NCC(C)CNC(C(=C)/C=C\C)C(F)(F)F. The molecule has 6 heteroatoms. The molecule has 0 aliphatic rings. The van der Waals surface area contributed by atoms with Crippen LogP contribution in [0.1, 0.15) is 20.8 Å². The molecule has 0 heterocycles. The third-order valence-corrected chi connectivity index (χ3v) is 3.09. The van der Waals surface area contributed by atoms with Crippen molar-refractivity contribution in [3.63, 3.8) is 0 Å². The van der Waals surface area contributed by atoms with Crippen molar-refractivity contribution in [1.29, 1.82) is 0 Å². The van der Waals surface area contributed by atoms with E-state index < -0.39 is 12.2 Å². The van der Waals surface area contributed by atoms with Gasteiger partial charge in [-0.3, -0.25) is 4.79 Å². The van der Waals surface area contributed by atoms with Gasteiger partial charge in [-0.1, -0.05) is 44.4 Å². The summed E-state index contributed by atoms with van der Waals surface area (Å²) in [4.78, 5) is 11.7. The van der Waals surface area contributed by atoms with Gasteiger partial charge in [0.1, 0.15) is 6.04 Å². The van der Waals surface area contributed by atoms with Crippen molar-refractivity contribution in [1.82, 2.24) is 10.6 Å². The Morgan fingerprint density at radius 3 is 2.39 bits per heavy atom. The van der Waals surface area contributed by atoms with Gasteiger partial charge in [0.15, 0.2) is 0 Å². The fraction of sp³-hybridized carbons (Fsp3) is 0.471. The van der Waals surface area contributed by atoms with Crippen LogP contribution in [-0.4, -0.2) is 31.2 Å². The highest BCUT2D eigenvalue weighted by Gasteiger charge is 2.40. The van der Waals surface area contributed by atoms with E-state index in [0.717, 1.165) is 0 Å². The van der Waals surface area contributed by atoms with Gasteiger partial charge in [0.05, 0.1) is 0 Å². The quantitative estimate of drug-likeness (QED) is 0.502. The number of allylic oxidation sites excluding steroid dienone is 3. The average molecular weight is 330 g/mol. The number of hydrogen-bond acceptors (Lipinski definition) is 2. The van der Waals surface area contributed by atoms with E-state index in [1.807, 2.05) is 0 Å². The zero-order chi connectivity index (χ0) is 18.0. The summed E-state index contributed by atoms with van der Waals surface area (Å²) in [5.74, 6) is -0.429. The van der Waals surface area contributed by atoms with Crippen LogP contribution in [0.4, 0.5) is 13.2 Å². The lowest BCUT2D eigenvalue weighted by Crippen LogP contribution is -2.46. The molecule has 130 valence electrons. The van der Waals surface area contributed by atoms with Crippen molar-refractivity contribution in [3.8, 4) is 0 Å². The fourth-order valence-corrected chi connectivity index (χ4v) is 1.82. The first-order valence-corrected chi connectivity index (χ1v) is 7.32. The van der Waals surface area contributed by atoms with Crippen molar-refractivity contribution in [3.05, 3.63) is 48.6 Å². The van der Waals surface area contributed by atoms with Gasteiger partial charge in [-0.2, -0.15) is 13.2 Å². The molecule has 0 aromatic rings. The van der Waals surface area contributed by atoms with Gasteiger partial charge in [-0.05, 0) is 25.3 Å². The molecular formula is C17H25F3N2O. The third-order valence-electron chi connectivity index (χ3n) is 3.09. The van der Waals surface area contributed by atoms with E-state index in [1.165, 1.54) is 18.2 Å². The van der Waals surface area contributed by atoms with Crippen LogP contribution in [0.3, 0.4) is 0 Å². The van der Waals surface area contributed by atoms with Crippen molar-refractivity contribution >= 4 is 5.91 Å². The first-order chi connectivity index (χ1) is 10.6. The van der Waals surface area contributed by atoms with E-state index in [-0.39, 0.29) is 30.5 Å². The second-order valence-corrected chi connectivity index (χ2v) is 5.36. The largest absolute Gasteiger partial charge is 0.407 e. The Bertz CT molecular complexity index is 479. The summed E-state index contributed by atoms with van der Waals surface area (Å²) < 4.78 is 39.0. The second kappa shape index (κ2) is 10.0. The molecule has 0 saturated heterocycles. The number of halogens is 3. The molecule has 1 amide bonds. The van der Waals surface area contributed by atoms with Crippen LogP contribution >= 0.6 is 0 Å².